The maximum Gasteiger partial charge on any atom is 0.343 e. The third-order valence-corrected chi connectivity index (χ3v) is 6.21. The van der Waals surface area contributed by atoms with Gasteiger partial charge in [0.05, 0.1) is 26.8 Å². The second-order valence-electron chi connectivity index (χ2n) is 8.38. The van der Waals surface area contributed by atoms with Gasteiger partial charge in [0.15, 0.2) is 0 Å². The Bertz CT molecular complexity index is 1650. The van der Waals surface area contributed by atoms with E-state index in [1.165, 1.54) is 18.2 Å². The maximum atomic E-state index is 12.8. The molecule has 2 aromatic heterocycles. The Labute approximate surface area is 202 Å². The van der Waals surface area contributed by atoms with E-state index < -0.39 is 22.1 Å². The molecule has 0 bridgehead atoms. The molecule has 0 amide bonds. The molecule has 36 heavy (non-hydrogen) atoms. The van der Waals surface area contributed by atoms with E-state index in [1.54, 1.807) is 54.6 Å². The molecule has 5 aromatic rings. The van der Waals surface area contributed by atoms with Crippen molar-refractivity contribution in [3.05, 3.63) is 120 Å². The number of fused-ring (bicyclic) bond motifs is 2. The summed E-state index contributed by atoms with van der Waals surface area (Å²) in [7, 11) is 0. The van der Waals surface area contributed by atoms with Crippen molar-refractivity contribution < 1.29 is 24.0 Å². The van der Waals surface area contributed by atoms with E-state index in [4.69, 9.17) is 8.83 Å². The van der Waals surface area contributed by atoms with Crippen molar-refractivity contribution in [2.24, 2.45) is 0 Å². The molecule has 9 nitrogen and oxygen atoms in total. The van der Waals surface area contributed by atoms with Crippen LogP contribution in [0.4, 0.5) is 5.69 Å². The first-order valence-corrected chi connectivity index (χ1v) is 11.0. The average Bonchev–Trinajstić information content (AvgIpc) is 2.87. The van der Waals surface area contributed by atoms with Crippen LogP contribution in [0.5, 0.6) is 11.5 Å². The molecular formula is C27H19NO8. The number of benzene rings is 3. The minimum atomic E-state index is -0.767. The lowest BCUT2D eigenvalue weighted by atomic mass is 9.86. The first-order chi connectivity index (χ1) is 17.3. The van der Waals surface area contributed by atoms with Gasteiger partial charge in [0.2, 0.25) is 0 Å². The molecule has 0 saturated carbocycles. The fraction of sp³-hybridized carbons (Fsp3) is 0.111. The highest BCUT2D eigenvalue weighted by molar-refractivity contribution is 5.84. The number of nitrogens with zero attached hydrogens (tertiary/aromatic N) is 1. The third-order valence-electron chi connectivity index (χ3n) is 6.21. The Morgan fingerprint density at radius 1 is 0.750 bits per heavy atom. The second-order valence-corrected chi connectivity index (χ2v) is 8.38. The van der Waals surface area contributed by atoms with Gasteiger partial charge in [-0.1, -0.05) is 36.4 Å². The zero-order chi connectivity index (χ0) is 25.4. The molecule has 2 N–H and O–H groups in total. The maximum absolute atomic E-state index is 12.8. The third kappa shape index (κ3) is 4.07. The van der Waals surface area contributed by atoms with Crippen LogP contribution in [0, 0.1) is 10.1 Å². The van der Waals surface area contributed by atoms with Gasteiger partial charge in [-0.3, -0.25) is 10.1 Å². The Balaban J connectivity index is 1.66. The summed E-state index contributed by atoms with van der Waals surface area (Å²) in [6.45, 7) is 0. The molecule has 3 aromatic carbocycles. The summed E-state index contributed by atoms with van der Waals surface area (Å²) in [5, 5.41) is 33.8. The number of aromatic hydroxyl groups is 2. The van der Waals surface area contributed by atoms with Crippen LogP contribution in [-0.4, -0.2) is 15.1 Å². The summed E-state index contributed by atoms with van der Waals surface area (Å²) in [5.41, 5.74) is -0.949. The normalized spacial score (nSPS) is 11.4. The topological polar surface area (TPSA) is 144 Å². The summed E-state index contributed by atoms with van der Waals surface area (Å²) in [5.74, 6) is -1.27. The molecule has 180 valence electrons. The summed E-state index contributed by atoms with van der Waals surface area (Å²) in [4.78, 5) is 36.4. The van der Waals surface area contributed by atoms with Gasteiger partial charge in [-0.2, -0.15) is 0 Å². The lowest BCUT2D eigenvalue weighted by molar-refractivity contribution is -0.384. The van der Waals surface area contributed by atoms with Crippen LogP contribution in [0.25, 0.3) is 21.9 Å². The van der Waals surface area contributed by atoms with Crippen molar-refractivity contribution in [3.8, 4) is 11.5 Å². The molecule has 0 aliphatic heterocycles. The summed E-state index contributed by atoms with van der Waals surface area (Å²) < 4.78 is 10.7. The van der Waals surface area contributed by atoms with Crippen LogP contribution >= 0.6 is 0 Å². The van der Waals surface area contributed by atoms with E-state index in [-0.39, 0.29) is 52.3 Å². The average molecular weight is 485 g/mol. The summed E-state index contributed by atoms with van der Waals surface area (Å²) in [6, 6.07) is 18.8. The van der Waals surface area contributed by atoms with Crippen LogP contribution in [0.1, 0.15) is 22.6 Å². The highest BCUT2D eigenvalue weighted by Crippen LogP contribution is 2.35. The Morgan fingerprint density at radius 2 is 1.25 bits per heavy atom. The van der Waals surface area contributed by atoms with Crippen molar-refractivity contribution in [3.63, 3.8) is 0 Å². The largest absolute Gasteiger partial charge is 0.507 e. The number of nitro benzene ring substituents is 1. The first kappa shape index (κ1) is 22.9. The van der Waals surface area contributed by atoms with E-state index >= 15 is 0 Å². The molecule has 0 unspecified atom stereocenters. The van der Waals surface area contributed by atoms with Gasteiger partial charge in [0, 0.05) is 12.1 Å². The Kier molecular flexibility index (Phi) is 5.73. The monoisotopic (exact) mass is 485 g/mol. The molecule has 0 aliphatic rings. The van der Waals surface area contributed by atoms with E-state index in [0.29, 0.717) is 16.3 Å². The zero-order valence-electron chi connectivity index (χ0n) is 18.7. The number of hydrogen-bond donors (Lipinski definition) is 2. The minimum Gasteiger partial charge on any atom is -0.507 e. The van der Waals surface area contributed by atoms with E-state index in [2.05, 4.69) is 0 Å². The molecular weight excluding hydrogens is 466 g/mol. The molecule has 2 heterocycles. The van der Waals surface area contributed by atoms with Gasteiger partial charge in [-0.05, 0) is 48.6 Å². The number of rotatable bonds is 6. The molecule has 0 saturated heterocycles. The molecule has 0 spiro atoms. The molecule has 0 atom stereocenters. The molecule has 0 fully saturated rings. The quantitative estimate of drug-likeness (QED) is 0.198. The van der Waals surface area contributed by atoms with E-state index in [1.807, 2.05) is 0 Å². The van der Waals surface area contributed by atoms with Gasteiger partial charge in [0.1, 0.15) is 22.7 Å². The Morgan fingerprint density at radius 3 is 1.75 bits per heavy atom. The number of hydrogen-bond acceptors (Lipinski definition) is 8. The van der Waals surface area contributed by atoms with Crippen LogP contribution < -0.4 is 11.3 Å². The van der Waals surface area contributed by atoms with Gasteiger partial charge in [-0.25, -0.2) is 9.59 Å². The highest BCUT2D eigenvalue weighted by Gasteiger charge is 2.25. The fourth-order valence-electron chi connectivity index (χ4n) is 4.40. The lowest BCUT2D eigenvalue weighted by Crippen LogP contribution is -2.18. The minimum absolute atomic E-state index is 0.0464. The fourth-order valence-corrected chi connectivity index (χ4v) is 4.40. The zero-order valence-corrected chi connectivity index (χ0v) is 18.7. The molecule has 5 rings (SSSR count). The van der Waals surface area contributed by atoms with E-state index in [0.717, 1.165) is 0 Å². The van der Waals surface area contributed by atoms with Crippen LogP contribution in [-0.2, 0) is 12.8 Å². The predicted molar refractivity (Wildman–Crippen MR) is 132 cm³/mol. The van der Waals surface area contributed by atoms with Gasteiger partial charge in [-0.15, -0.1) is 0 Å². The Hall–Kier alpha value is -4.92. The van der Waals surface area contributed by atoms with Gasteiger partial charge in [0.25, 0.3) is 5.69 Å². The van der Waals surface area contributed by atoms with Crippen molar-refractivity contribution in [1.29, 1.82) is 0 Å². The summed E-state index contributed by atoms with van der Waals surface area (Å²) >= 11 is 0. The van der Waals surface area contributed by atoms with Gasteiger partial charge >= 0.3 is 11.3 Å². The summed E-state index contributed by atoms with van der Waals surface area (Å²) in [6.07, 6.45) is -0.238. The van der Waals surface area contributed by atoms with Crippen molar-refractivity contribution >= 4 is 27.6 Å². The predicted octanol–water partition coefficient (Wildman–Crippen LogP) is 4.79. The smallest absolute Gasteiger partial charge is 0.343 e. The highest BCUT2D eigenvalue weighted by atomic mass is 16.6. The standard InChI is InChI=1S/C27H19NO8/c29-24-18-8-1-3-10-22(18)35-26(31)20(24)13-16(15-6-5-7-17(12-15)28(33)34)14-21-25(30)19-9-2-4-11-23(19)36-27(21)32/h1-12,16,29-30H,13-14H2. The second kappa shape index (κ2) is 9.03. The lowest BCUT2D eigenvalue weighted by Gasteiger charge is -2.18. The number of non-ortho nitro benzene ring substituents is 1. The van der Waals surface area contributed by atoms with E-state index in [9.17, 15) is 29.9 Å². The van der Waals surface area contributed by atoms with Crippen LogP contribution in [0.15, 0.2) is 91.2 Å². The molecule has 0 radical (unpaired) electrons. The van der Waals surface area contributed by atoms with Crippen LogP contribution in [0.2, 0.25) is 0 Å². The molecule has 0 aliphatic carbocycles. The van der Waals surface area contributed by atoms with Crippen molar-refractivity contribution in [2.75, 3.05) is 0 Å². The first-order valence-electron chi connectivity index (χ1n) is 11.0. The van der Waals surface area contributed by atoms with Crippen molar-refractivity contribution in [1.82, 2.24) is 0 Å². The SMILES string of the molecule is O=c1oc2ccccc2c(O)c1CC(Cc1c(O)c2ccccc2oc1=O)c1cccc([N+](=O)[O-])c1. The number of para-hydroxylation sites is 2. The number of nitro groups is 1. The van der Waals surface area contributed by atoms with Gasteiger partial charge < -0.3 is 19.0 Å². The van der Waals surface area contributed by atoms with Crippen molar-refractivity contribution in [2.45, 2.75) is 18.8 Å². The molecule has 9 heteroatoms. The van der Waals surface area contributed by atoms with Crippen LogP contribution in [0.3, 0.4) is 0 Å².